The van der Waals surface area contributed by atoms with Gasteiger partial charge in [-0.25, -0.2) is 4.79 Å². The molecular weight excluding hydrogens is 378 g/mol. The molecule has 0 radical (unpaired) electrons. The monoisotopic (exact) mass is 401 g/mol. The second-order valence-corrected chi connectivity index (χ2v) is 6.42. The van der Waals surface area contributed by atoms with Gasteiger partial charge in [0.15, 0.2) is 23.0 Å². The number of hydrogen-bond acceptors (Lipinski definition) is 7. The molecule has 0 aromatic heterocycles. The summed E-state index contributed by atoms with van der Waals surface area (Å²) in [5, 5.41) is 10.6. The summed E-state index contributed by atoms with van der Waals surface area (Å²) in [5.41, 5.74) is 1.13. The fraction of sp³-hybridized carbons (Fsp3) is 0.333. The van der Waals surface area contributed by atoms with E-state index in [1.165, 1.54) is 26.4 Å². The number of fused-ring (bicyclic) bond motifs is 1. The van der Waals surface area contributed by atoms with Gasteiger partial charge in [0.25, 0.3) is 5.91 Å². The Balaban J connectivity index is 2.20. The number of nitrogens with zero attached hydrogens (tertiary/aromatic N) is 1. The first-order chi connectivity index (χ1) is 13.9. The van der Waals surface area contributed by atoms with Crippen molar-refractivity contribution in [2.75, 3.05) is 34.4 Å². The average molecular weight is 401 g/mol. The predicted molar refractivity (Wildman–Crippen MR) is 104 cm³/mol. The minimum Gasteiger partial charge on any atom is -0.502 e. The molecule has 0 fully saturated rings. The number of hydrogen-bond donors (Lipinski definition) is 1. The van der Waals surface area contributed by atoms with Gasteiger partial charge in [-0.2, -0.15) is 0 Å². The van der Waals surface area contributed by atoms with Crippen molar-refractivity contribution in [3.8, 4) is 28.7 Å². The van der Waals surface area contributed by atoms with Crippen molar-refractivity contribution in [1.29, 1.82) is 0 Å². The van der Waals surface area contributed by atoms with Crippen LogP contribution >= 0.6 is 0 Å². The molecule has 1 aliphatic rings. The lowest BCUT2D eigenvalue weighted by Gasteiger charge is -2.27. The van der Waals surface area contributed by atoms with Crippen molar-refractivity contribution in [3.63, 3.8) is 0 Å². The zero-order valence-electron chi connectivity index (χ0n) is 16.8. The van der Waals surface area contributed by atoms with Crippen LogP contribution in [0.5, 0.6) is 28.7 Å². The number of ether oxygens (including phenoxy) is 4. The SMILES string of the molecule is CCOC(=O)c1ccc(OC)c(O)c1Oc1c(OC)ccc2c1C(=O)N(C)CC2. The number of aromatic hydroxyl groups is 1. The second kappa shape index (κ2) is 8.30. The molecule has 8 nitrogen and oxygen atoms in total. The van der Waals surface area contributed by atoms with Crippen LogP contribution < -0.4 is 14.2 Å². The van der Waals surface area contributed by atoms with E-state index in [0.717, 1.165) is 5.56 Å². The molecule has 2 aromatic rings. The van der Waals surface area contributed by atoms with Crippen molar-refractivity contribution in [3.05, 3.63) is 41.0 Å². The normalized spacial score (nSPS) is 13.0. The molecule has 0 saturated heterocycles. The topological polar surface area (TPSA) is 94.5 Å². The van der Waals surface area contributed by atoms with Crippen LogP contribution in [0.4, 0.5) is 0 Å². The smallest absolute Gasteiger partial charge is 0.342 e. The highest BCUT2D eigenvalue weighted by atomic mass is 16.5. The lowest BCUT2D eigenvalue weighted by molar-refractivity contribution is 0.0522. The molecule has 1 aliphatic heterocycles. The number of likely N-dealkylation sites (N-methyl/N-ethyl adjacent to an activating group) is 1. The van der Waals surface area contributed by atoms with Crippen LogP contribution in [0, 0.1) is 0 Å². The number of carbonyl (C=O) groups is 2. The summed E-state index contributed by atoms with van der Waals surface area (Å²) < 4.78 is 21.6. The van der Waals surface area contributed by atoms with E-state index in [2.05, 4.69) is 0 Å². The molecular formula is C21H23NO7. The van der Waals surface area contributed by atoms with Crippen LogP contribution in [0.15, 0.2) is 24.3 Å². The molecule has 29 heavy (non-hydrogen) atoms. The van der Waals surface area contributed by atoms with Crippen LogP contribution in [0.2, 0.25) is 0 Å². The number of methoxy groups -OCH3 is 2. The van der Waals surface area contributed by atoms with Gasteiger partial charge in [0.2, 0.25) is 5.75 Å². The first kappa shape index (κ1) is 20.3. The van der Waals surface area contributed by atoms with E-state index in [1.54, 1.807) is 24.9 Å². The number of rotatable bonds is 6. The Kier molecular flexibility index (Phi) is 5.81. The predicted octanol–water partition coefficient (Wildman–Crippen LogP) is 3.01. The van der Waals surface area contributed by atoms with Gasteiger partial charge < -0.3 is 29.0 Å². The Morgan fingerprint density at radius 1 is 1.10 bits per heavy atom. The van der Waals surface area contributed by atoms with E-state index >= 15 is 0 Å². The zero-order chi connectivity index (χ0) is 21.1. The maximum atomic E-state index is 12.8. The van der Waals surface area contributed by atoms with Gasteiger partial charge in [-0.15, -0.1) is 0 Å². The molecule has 0 bridgehead atoms. The van der Waals surface area contributed by atoms with Crippen LogP contribution in [-0.2, 0) is 11.2 Å². The molecule has 0 atom stereocenters. The molecule has 1 N–H and O–H groups in total. The Bertz CT molecular complexity index is 955. The third-order valence-corrected chi connectivity index (χ3v) is 4.72. The highest BCUT2D eigenvalue weighted by Gasteiger charge is 2.31. The van der Waals surface area contributed by atoms with E-state index in [9.17, 15) is 14.7 Å². The lowest BCUT2D eigenvalue weighted by Crippen LogP contribution is -2.34. The zero-order valence-corrected chi connectivity index (χ0v) is 16.8. The number of phenols is 1. The summed E-state index contributed by atoms with van der Waals surface area (Å²) in [6.07, 6.45) is 0.646. The van der Waals surface area contributed by atoms with Gasteiger partial charge in [-0.05, 0) is 37.1 Å². The maximum absolute atomic E-state index is 12.8. The summed E-state index contributed by atoms with van der Waals surface area (Å²) >= 11 is 0. The minimum absolute atomic E-state index is 0.00131. The molecule has 1 heterocycles. The number of benzene rings is 2. The Morgan fingerprint density at radius 2 is 1.79 bits per heavy atom. The summed E-state index contributed by atoms with van der Waals surface area (Å²) in [6.45, 7) is 2.40. The van der Waals surface area contributed by atoms with Crippen LogP contribution in [0.25, 0.3) is 0 Å². The summed E-state index contributed by atoms with van der Waals surface area (Å²) in [6, 6.07) is 6.37. The molecule has 0 aliphatic carbocycles. The number of carbonyl (C=O) groups excluding carboxylic acids is 2. The summed E-state index contributed by atoms with van der Waals surface area (Å²) in [4.78, 5) is 26.8. The van der Waals surface area contributed by atoms with Crippen molar-refractivity contribution in [1.82, 2.24) is 4.90 Å². The van der Waals surface area contributed by atoms with Crippen molar-refractivity contribution in [2.45, 2.75) is 13.3 Å². The molecule has 1 amide bonds. The fourth-order valence-corrected chi connectivity index (χ4v) is 3.18. The van der Waals surface area contributed by atoms with Gasteiger partial charge in [-0.1, -0.05) is 6.07 Å². The Hall–Kier alpha value is -3.42. The molecule has 154 valence electrons. The van der Waals surface area contributed by atoms with Crippen molar-refractivity contribution < 1.29 is 33.6 Å². The van der Waals surface area contributed by atoms with Crippen LogP contribution in [0.3, 0.4) is 0 Å². The summed E-state index contributed by atoms with van der Waals surface area (Å²) in [5.74, 6) is -0.932. The largest absolute Gasteiger partial charge is 0.502 e. The third-order valence-electron chi connectivity index (χ3n) is 4.72. The molecule has 8 heteroatoms. The van der Waals surface area contributed by atoms with E-state index in [-0.39, 0.29) is 41.1 Å². The number of phenolic OH excluding ortho intramolecular Hbond substituents is 1. The standard InChI is InChI=1S/C21H23NO7/c1-5-28-21(25)13-7-9-14(26-3)17(23)18(13)29-19-15(27-4)8-6-12-10-11-22(2)20(24)16(12)19/h6-9,23H,5,10-11H2,1-4H3. The molecule has 0 spiro atoms. The number of esters is 1. The Labute approximate surface area is 168 Å². The first-order valence-corrected chi connectivity index (χ1v) is 9.13. The maximum Gasteiger partial charge on any atom is 0.342 e. The molecule has 0 saturated carbocycles. The van der Waals surface area contributed by atoms with Crippen molar-refractivity contribution in [2.24, 2.45) is 0 Å². The molecule has 0 unspecified atom stereocenters. The summed E-state index contributed by atoms with van der Waals surface area (Å²) in [7, 11) is 4.53. The second-order valence-electron chi connectivity index (χ2n) is 6.42. The average Bonchev–Trinajstić information content (AvgIpc) is 2.72. The van der Waals surface area contributed by atoms with Gasteiger partial charge in [0.1, 0.15) is 5.56 Å². The van der Waals surface area contributed by atoms with Crippen molar-refractivity contribution >= 4 is 11.9 Å². The first-order valence-electron chi connectivity index (χ1n) is 9.13. The van der Waals surface area contributed by atoms with E-state index in [4.69, 9.17) is 18.9 Å². The highest BCUT2D eigenvalue weighted by Crippen LogP contribution is 2.46. The Morgan fingerprint density at radius 3 is 2.45 bits per heavy atom. The van der Waals surface area contributed by atoms with Crippen LogP contribution in [0.1, 0.15) is 33.2 Å². The van der Waals surface area contributed by atoms with Gasteiger partial charge in [-0.3, -0.25) is 4.79 Å². The quantitative estimate of drug-likeness (QED) is 0.744. The van der Waals surface area contributed by atoms with Gasteiger partial charge >= 0.3 is 5.97 Å². The minimum atomic E-state index is -0.673. The fourth-order valence-electron chi connectivity index (χ4n) is 3.18. The van der Waals surface area contributed by atoms with E-state index in [0.29, 0.717) is 24.3 Å². The van der Waals surface area contributed by atoms with Gasteiger partial charge in [0, 0.05) is 13.6 Å². The van der Waals surface area contributed by atoms with Crippen LogP contribution in [-0.4, -0.2) is 56.3 Å². The lowest BCUT2D eigenvalue weighted by atomic mass is 9.97. The third kappa shape index (κ3) is 3.65. The van der Waals surface area contributed by atoms with E-state index < -0.39 is 5.97 Å². The molecule has 3 rings (SSSR count). The number of amides is 1. The van der Waals surface area contributed by atoms with Gasteiger partial charge in [0.05, 0.1) is 26.4 Å². The van der Waals surface area contributed by atoms with E-state index in [1.807, 2.05) is 6.07 Å². The highest BCUT2D eigenvalue weighted by molar-refractivity contribution is 6.01. The molecule has 2 aromatic carbocycles.